The van der Waals surface area contributed by atoms with E-state index < -0.39 is 37.5 Å². The lowest BCUT2D eigenvalue weighted by Crippen LogP contribution is -2.50. The summed E-state index contributed by atoms with van der Waals surface area (Å²) in [6.45, 7) is 15.8. The van der Waals surface area contributed by atoms with Crippen LogP contribution in [0.1, 0.15) is 52.8 Å². The van der Waals surface area contributed by atoms with Gasteiger partial charge in [0.15, 0.2) is 8.32 Å². The van der Waals surface area contributed by atoms with Gasteiger partial charge in [-0.2, -0.15) is 0 Å². The summed E-state index contributed by atoms with van der Waals surface area (Å²) in [5, 5.41) is 10.6. The number of ether oxygens (including phenoxy) is 1. The van der Waals surface area contributed by atoms with Crippen molar-refractivity contribution >= 4 is 8.32 Å². The van der Waals surface area contributed by atoms with Gasteiger partial charge in [0.2, 0.25) is 0 Å². The highest BCUT2D eigenvalue weighted by Gasteiger charge is 2.49. The predicted octanol–water partition coefficient (Wildman–Crippen LogP) is 2.29. The molecule has 0 radical (unpaired) electrons. The zero-order valence-electron chi connectivity index (χ0n) is 17.0. The fourth-order valence-electron chi connectivity index (χ4n) is 2.90. The number of rotatable bonds is 4. The molecule has 2 heterocycles. The van der Waals surface area contributed by atoms with Crippen LogP contribution in [0.4, 0.5) is 0 Å². The first kappa shape index (κ1) is 21.1. The molecule has 0 bridgehead atoms. The third-order valence-electron chi connectivity index (χ3n) is 5.48. The van der Waals surface area contributed by atoms with Gasteiger partial charge in [-0.05, 0) is 38.9 Å². The number of aliphatic hydroxyl groups is 1. The van der Waals surface area contributed by atoms with E-state index in [1.807, 2.05) is 0 Å². The Morgan fingerprint density at radius 1 is 1.27 bits per heavy atom. The van der Waals surface area contributed by atoms with E-state index in [9.17, 15) is 14.7 Å². The van der Waals surface area contributed by atoms with Crippen LogP contribution in [0.25, 0.3) is 0 Å². The Labute approximate surface area is 155 Å². The number of H-pyrrole nitrogens is 1. The van der Waals surface area contributed by atoms with Crippen LogP contribution >= 0.6 is 0 Å². The molecule has 1 aromatic heterocycles. The molecule has 1 aromatic rings. The molecule has 0 spiro atoms. The summed E-state index contributed by atoms with van der Waals surface area (Å²) >= 11 is 0. The highest BCUT2D eigenvalue weighted by atomic mass is 28.4. The first-order chi connectivity index (χ1) is 11.6. The molecule has 3 atom stereocenters. The van der Waals surface area contributed by atoms with Gasteiger partial charge < -0.3 is 14.3 Å². The highest BCUT2D eigenvalue weighted by molar-refractivity contribution is 6.74. The largest absolute Gasteiger partial charge is 0.411 e. The molecule has 1 aliphatic rings. The van der Waals surface area contributed by atoms with Crippen molar-refractivity contribution < 1.29 is 14.3 Å². The van der Waals surface area contributed by atoms with Crippen molar-refractivity contribution in [2.45, 2.75) is 90.1 Å². The smallest absolute Gasteiger partial charge is 0.330 e. The molecule has 7 nitrogen and oxygen atoms in total. The SMILES string of the molecule is Cc1cn([C@H]2C[C@@H](O[Si](C)(C)C(C)(C)C)[C@@H](C(C)(C)O)O2)c(=O)[nH]c1=O. The number of nitrogens with one attached hydrogen (secondary N) is 1. The van der Waals surface area contributed by atoms with E-state index >= 15 is 0 Å². The third-order valence-corrected chi connectivity index (χ3v) is 9.98. The van der Waals surface area contributed by atoms with Gasteiger partial charge in [0.25, 0.3) is 5.56 Å². The van der Waals surface area contributed by atoms with E-state index in [1.165, 1.54) is 10.8 Å². The van der Waals surface area contributed by atoms with Gasteiger partial charge in [0.1, 0.15) is 12.3 Å². The highest BCUT2D eigenvalue weighted by Crippen LogP contribution is 2.42. The lowest BCUT2D eigenvalue weighted by Gasteiger charge is -2.41. The first-order valence-electron chi connectivity index (χ1n) is 9.01. The fraction of sp³-hybridized carbons (Fsp3) is 0.778. The maximum atomic E-state index is 12.2. The number of aryl methyl sites for hydroxylation is 1. The average Bonchev–Trinajstić information content (AvgIpc) is 2.84. The van der Waals surface area contributed by atoms with Crippen molar-refractivity contribution in [3.63, 3.8) is 0 Å². The van der Waals surface area contributed by atoms with Crippen LogP contribution in [0.3, 0.4) is 0 Å². The quantitative estimate of drug-likeness (QED) is 0.777. The van der Waals surface area contributed by atoms with Gasteiger partial charge in [0, 0.05) is 18.2 Å². The van der Waals surface area contributed by atoms with Crippen LogP contribution in [-0.4, -0.2) is 40.8 Å². The number of nitrogens with zero attached hydrogens (tertiary/aromatic N) is 1. The fourth-order valence-corrected chi connectivity index (χ4v) is 4.23. The van der Waals surface area contributed by atoms with Crippen LogP contribution < -0.4 is 11.2 Å². The third kappa shape index (κ3) is 4.19. The summed E-state index contributed by atoms with van der Waals surface area (Å²) in [7, 11) is -2.09. The molecule has 0 amide bonds. The first-order valence-corrected chi connectivity index (χ1v) is 11.9. The molecule has 0 aliphatic carbocycles. The summed E-state index contributed by atoms with van der Waals surface area (Å²) in [5.74, 6) is 0. The Balaban J connectivity index is 2.37. The van der Waals surface area contributed by atoms with E-state index in [-0.39, 0.29) is 11.1 Å². The Morgan fingerprint density at radius 3 is 2.35 bits per heavy atom. The molecule has 148 valence electrons. The van der Waals surface area contributed by atoms with E-state index in [4.69, 9.17) is 9.16 Å². The number of aromatic nitrogens is 2. The van der Waals surface area contributed by atoms with Gasteiger partial charge in [-0.3, -0.25) is 14.3 Å². The number of hydrogen-bond donors (Lipinski definition) is 2. The van der Waals surface area contributed by atoms with Crippen molar-refractivity contribution in [1.29, 1.82) is 0 Å². The Morgan fingerprint density at radius 2 is 1.85 bits per heavy atom. The summed E-state index contributed by atoms with van der Waals surface area (Å²) in [6.07, 6.45) is 0.444. The number of aromatic amines is 1. The molecule has 2 N–H and O–H groups in total. The molecule has 1 saturated heterocycles. The minimum absolute atomic E-state index is 0.0145. The van der Waals surface area contributed by atoms with Crippen molar-refractivity contribution in [2.24, 2.45) is 0 Å². The average molecular weight is 385 g/mol. The molecule has 2 rings (SSSR count). The van der Waals surface area contributed by atoms with E-state index in [2.05, 4.69) is 38.8 Å². The summed E-state index contributed by atoms with van der Waals surface area (Å²) in [5.41, 5.74) is -1.62. The van der Waals surface area contributed by atoms with Crippen LogP contribution in [0.5, 0.6) is 0 Å². The molecule has 0 aromatic carbocycles. The lowest BCUT2D eigenvalue weighted by molar-refractivity contribution is -0.121. The summed E-state index contributed by atoms with van der Waals surface area (Å²) in [4.78, 5) is 26.1. The van der Waals surface area contributed by atoms with Crippen molar-refractivity contribution in [1.82, 2.24) is 9.55 Å². The summed E-state index contributed by atoms with van der Waals surface area (Å²) in [6, 6.07) is 0. The molecule has 1 aliphatic heterocycles. The van der Waals surface area contributed by atoms with Crippen LogP contribution in [-0.2, 0) is 9.16 Å². The minimum Gasteiger partial charge on any atom is -0.411 e. The van der Waals surface area contributed by atoms with E-state index in [0.717, 1.165) is 0 Å². The predicted molar refractivity (Wildman–Crippen MR) is 103 cm³/mol. The molecule has 1 fully saturated rings. The topological polar surface area (TPSA) is 93.6 Å². The van der Waals surface area contributed by atoms with E-state index in [1.54, 1.807) is 20.8 Å². The minimum atomic E-state index is -2.09. The second kappa shape index (κ2) is 6.74. The Bertz CT molecular complexity index is 770. The van der Waals surface area contributed by atoms with Crippen molar-refractivity contribution in [2.75, 3.05) is 0 Å². The maximum absolute atomic E-state index is 12.2. The van der Waals surface area contributed by atoms with Crippen molar-refractivity contribution in [3.8, 4) is 0 Å². The zero-order valence-corrected chi connectivity index (χ0v) is 18.0. The molecular weight excluding hydrogens is 352 g/mol. The monoisotopic (exact) mass is 384 g/mol. The molecular formula is C18H32N2O5Si. The van der Waals surface area contributed by atoms with Gasteiger partial charge in [-0.25, -0.2) is 4.79 Å². The lowest BCUT2D eigenvalue weighted by atomic mass is 9.97. The van der Waals surface area contributed by atoms with E-state index in [0.29, 0.717) is 12.0 Å². The number of hydrogen-bond acceptors (Lipinski definition) is 5. The van der Waals surface area contributed by atoms with Gasteiger partial charge in [-0.15, -0.1) is 0 Å². The van der Waals surface area contributed by atoms with Crippen LogP contribution in [0.15, 0.2) is 15.8 Å². The normalized spacial score (nSPS) is 24.9. The van der Waals surface area contributed by atoms with Crippen LogP contribution in [0.2, 0.25) is 18.1 Å². The molecule has 26 heavy (non-hydrogen) atoms. The van der Waals surface area contributed by atoms with Crippen LogP contribution in [0, 0.1) is 6.92 Å². The standard InChI is InChI=1S/C18H32N2O5Si/c1-11-10-20(16(22)19-15(11)21)13-9-12(14(24-13)18(5,6)23)25-26(7,8)17(2,3)4/h10,12-14,23H,9H2,1-8H3,(H,19,21,22)/t12-,13-,14+/m1/s1. The maximum Gasteiger partial charge on any atom is 0.330 e. The molecule has 0 saturated carbocycles. The Hall–Kier alpha value is -1.22. The van der Waals surface area contributed by atoms with Crippen molar-refractivity contribution in [3.05, 3.63) is 32.6 Å². The zero-order chi connectivity index (χ0) is 20.1. The summed E-state index contributed by atoms with van der Waals surface area (Å²) < 4.78 is 13.9. The molecule has 0 unspecified atom stereocenters. The molecule has 8 heteroatoms. The van der Waals surface area contributed by atoms with Gasteiger partial charge in [-0.1, -0.05) is 20.8 Å². The van der Waals surface area contributed by atoms with Gasteiger partial charge >= 0.3 is 5.69 Å². The second-order valence-electron chi connectivity index (χ2n) is 9.30. The second-order valence-corrected chi connectivity index (χ2v) is 14.1. The van der Waals surface area contributed by atoms with Gasteiger partial charge in [0.05, 0.1) is 11.7 Å². The Kier molecular flexibility index (Phi) is 5.47.